The quantitative estimate of drug-likeness (QED) is 0.300. The largest absolute Gasteiger partial charge is 0.493 e. The van der Waals surface area contributed by atoms with Crippen LogP contribution in [-0.2, 0) is 26.2 Å². The lowest BCUT2D eigenvalue weighted by Gasteiger charge is -2.33. The summed E-state index contributed by atoms with van der Waals surface area (Å²) in [6.07, 6.45) is 0. The number of ether oxygens (including phenoxy) is 2. The molecule has 1 atom stereocenters. The summed E-state index contributed by atoms with van der Waals surface area (Å²) in [6.45, 7) is 10.4. The van der Waals surface area contributed by atoms with E-state index >= 15 is 0 Å². The molecule has 0 aliphatic rings. The lowest BCUT2D eigenvalue weighted by Crippen LogP contribution is -2.54. The first-order chi connectivity index (χ1) is 20.0. The zero-order chi connectivity index (χ0) is 32.1. The fourth-order valence-corrected chi connectivity index (χ4v) is 6.11. The zero-order valence-electron chi connectivity index (χ0n) is 25.9. The van der Waals surface area contributed by atoms with Crippen LogP contribution in [0, 0.1) is 13.8 Å². The summed E-state index contributed by atoms with van der Waals surface area (Å²) in [4.78, 5) is 28.7. The van der Waals surface area contributed by atoms with Crippen molar-refractivity contribution in [3.63, 3.8) is 0 Å². The van der Waals surface area contributed by atoms with Gasteiger partial charge < -0.3 is 19.7 Å². The van der Waals surface area contributed by atoms with Crippen LogP contribution in [-0.4, -0.2) is 57.5 Å². The fourth-order valence-electron chi connectivity index (χ4n) is 4.57. The summed E-state index contributed by atoms with van der Waals surface area (Å²) in [5, 5.41) is 3.45. The van der Waals surface area contributed by atoms with Crippen molar-refractivity contribution in [1.82, 2.24) is 10.2 Å². The molecule has 3 aromatic carbocycles. The predicted octanol–water partition coefficient (Wildman–Crippen LogP) is 5.50. The topological polar surface area (TPSA) is 105 Å². The number of anilines is 1. The molecule has 43 heavy (non-hydrogen) atoms. The Morgan fingerprint density at radius 2 is 1.49 bits per heavy atom. The van der Waals surface area contributed by atoms with Gasteiger partial charge in [0.05, 0.1) is 24.8 Å². The second kappa shape index (κ2) is 13.7. The first-order valence-electron chi connectivity index (χ1n) is 13.7. The molecule has 0 heterocycles. The fraction of sp³-hybridized carbons (Fsp3) is 0.375. The van der Waals surface area contributed by atoms with Crippen LogP contribution in [0.3, 0.4) is 0 Å². The van der Waals surface area contributed by atoms with E-state index in [2.05, 4.69) is 5.32 Å². The monoisotopic (exact) mass is 629 g/mol. The van der Waals surface area contributed by atoms with E-state index in [9.17, 15) is 18.0 Å². The number of amides is 2. The molecule has 0 aliphatic carbocycles. The van der Waals surface area contributed by atoms with E-state index < -0.39 is 34.1 Å². The Balaban J connectivity index is 2.11. The molecule has 0 aromatic heterocycles. The molecule has 0 aliphatic heterocycles. The van der Waals surface area contributed by atoms with Crippen LogP contribution in [0.15, 0.2) is 65.6 Å². The van der Waals surface area contributed by atoms with E-state index in [1.807, 2.05) is 40.7 Å². The predicted molar refractivity (Wildman–Crippen MR) is 169 cm³/mol. The number of sulfonamides is 1. The molecule has 0 bridgehead atoms. The van der Waals surface area contributed by atoms with E-state index in [0.29, 0.717) is 16.5 Å². The molecule has 2 amide bonds. The number of halogens is 1. The minimum atomic E-state index is -4.29. The number of methoxy groups -OCH3 is 2. The van der Waals surface area contributed by atoms with Gasteiger partial charge in [0.1, 0.15) is 12.6 Å². The third-order valence-corrected chi connectivity index (χ3v) is 8.67. The number of hydrogen-bond acceptors (Lipinski definition) is 6. The van der Waals surface area contributed by atoms with Gasteiger partial charge in [0.15, 0.2) is 11.5 Å². The van der Waals surface area contributed by atoms with Crippen molar-refractivity contribution in [2.24, 2.45) is 0 Å². The van der Waals surface area contributed by atoms with Gasteiger partial charge in [-0.15, -0.1) is 0 Å². The van der Waals surface area contributed by atoms with Crippen LogP contribution >= 0.6 is 11.6 Å². The van der Waals surface area contributed by atoms with Crippen molar-refractivity contribution >= 4 is 39.1 Å². The summed E-state index contributed by atoms with van der Waals surface area (Å²) >= 11 is 6.07. The minimum Gasteiger partial charge on any atom is -0.493 e. The van der Waals surface area contributed by atoms with Crippen LogP contribution in [0.5, 0.6) is 11.5 Å². The number of carbonyl (C=O) groups excluding carboxylic acids is 2. The molecule has 0 spiro atoms. The van der Waals surface area contributed by atoms with Crippen LogP contribution < -0.4 is 19.1 Å². The lowest BCUT2D eigenvalue weighted by atomic mass is 10.1. The first kappa shape index (κ1) is 33.7. The highest BCUT2D eigenvalue weighted by atomic mass is 35.5. The minimum absolute atomic E-state index is 0.0613. The van der Waals surface area contributed by atoms with Crippen LogP contribution in [0.4, 0.5) is 5.69 Å². The Hall–Kier alpha value is -3.76. The highest BCUT2D eigenvalue weighted by molar-refractivity contribution is 7.92. The standard InChI is InChI=1S/C32H40ClN3O6S/c1-21-15-22(2)17-26(16-21)36(43(39,40)27-13-14-28(41-7)29(18-27)42-8)20-30(37)35(19-24-9-11-25(33)12-10-24)23(3)31(38)34-32(4,5)6/h9-18,23H,19-20H2,1-8H3,(H,34,38)/t23-/m1/s1. The van der Waals surface area contributed by atoms with Gasteiger partial charge in [-0.05, 0) is 94.6 Å². The molecule has 9 nitrogen and oxygen atoms in total. The third kappa shape index (κ3) is 8.64. The maximum absolute atomic E-state index is 14.2. The van der Waals surface area contributed by atoms with Crippen molar-refractivity contribution in [3.8, 4) is 11.5 Å². The Morgan fingerprint density at radius 3 is 2.02 bits per heavy atom. The van der Waals surface area contributed by atoms with E-state index in [1.54, 1.807) is 43.3 Å². The Bertz CT molecular complexity index is 1550. The van der Waals surface area contributed by atoms with Gasteiger partial charge in [-0.3, -0.25) is 13.9 Å². The smallest absolute Gasteiger partial charge is 0.264 e. The maximum atomic E-state index is 14.2. The average molecular weight is 630 g/mol. The van der Waals surface area contributed by atoms with E-state index in [0.717, 1.165) is 21.0 Å². The first-order valence-corrected chi connectivity index (χ1v) is 15.6. The summed E-state index contributed by atoms with van der Waals surface area (Å²) in [7, 11) is -1.42. The maximum Gasteiger partial charge on any atom is 0.264 e. The molecule has 0 fully saturated rings. The van der Waals surface area contributed by atoms with Crippen molar-refractivity contribution in [3.05, 3.63) is 82.4 Å². The summed E-state index contributed by atoms with van der Waals surface area (Å²) in [6, 6.07) is 15.6. The van der Waals surface area contributed by atoms with Gasteiger partial charge in [0.2, 0.25) is 11.8 Å². The van der Waals surface area contributed by atoms with Crippen LogP contribution in [0.25, 0.3) is 0 Å². The molecule has 3 rings (SSSR count). The highest BCUT2D eigenvalue weighted by Gasteiger charge is 2.34. The van der Waals surface area contributed by atoms with E-state index in [1.165, 1.54) is 37.3 Å². The normalized spacial score (nSPS) is 12.3. The number of hydrogen-bond donors (Lipinski definition) is 1. The van der Waals surface area contributed by atoms with Gasteiger partial charge in [-0.1, -0.05) is 29.8 Å². The summed E-state index contributed by atoms with van der Waals surface area (Å²) in [5.74, 6) is -0.333. The van der Waals surface area contributed by atoms with E-state index in [4.69, 9.17) is 21.1 Å². The number of carbonyl (C=O) groups is 2. The molecule has 1 N–H and O–H groups in total. The molecule has 0 saturated heterocycles. The summed E-state index contributed by atoms with van der Waals surface area (Å²) < 4.78 is 40.2. The number of aryl methyl sites for hydroxylation is 2. The number of nitrogens with one attached hydrogen (secondary N) is 1. The number of benzene rings is 3. The molecular formula is C32H40ClN3O6S. The molecular weight excluding hydrogens is 590 g/mol. The molecule has 3 aromatic rings. The molecule has 0 radical (unpaired) electrons. The lowest BCUT2D eigenvalue weighted by molar-refractivity contribution is -0.140. The molecule has 0 saturated carbocycles. The van der Waals surface area contributed by atoms with Crippen LogP contribution in [0.1, 0.15) is 44.4 Å². The van der Waals surface area contributed by atoms with Gasteiger partial charge in [0.25, 0.3) is 10.0 Å². The van der Waals surface area contributed by atoms with Crippen molar-refractivity contribution in [2.75, 3.05) is 25.1 Å². The molecule has 232 valence electrons. The van der Waals surface area contributed by atoms with Gasteiger partial charge in [-0.2, -0.15) is 0 Å². The molecule has 0 unspecified atom stereocenters. The average Bonchev–Trinajstić information content (AvgIpc) is 2.93. The SMILES string of the molecule is COc1ccc(S(=O)(=O)N(CC(=O)N(Cc2ccc(Cl)cc2)[C@H](C)C(=O)NC(C)(C)C)c2cc(C)cc(C)c2)cc1OC. The Labute approximate surface area is 259 Å². The zero-order valence-corrected chi connectivity index (χ0v) is 27.5. The van der Waals surface area contributed by atoms with Crippen molar-refractivity contribution in [1.29, 1.82) is 0 Å². The second-order valence-electron chi connectivity index (χ2n) is 11.4. The Morgan fingerprint density at radius 1 is 0.907 bits per heavy atom. The van der Waals surface area contributed by atoms with Crippen LogP contribution in [0.2, 0.25) is 5.02 Å². The highest BCUT2D eigenvalue weighted by Crippen LogP contribution is 2.33. The second-order valence-corrected chi connectivity index (χ2v) is 13.7. The molecule has 11 heteroatoms. The van der Waals surface area contributed by atoms with Crippen molar-refractivity contribution in [2.45, 2.75) is 64.6 Å². The van der Waals surface area contributed by atoms with Gasteiger partial charge in [-0.25, -0.2) is 8.42 Å². The van der Waals surface area contributed by atoms with E-state index in [-0.39, 0.29) is 23.1 Å². The number of rotatable bonds is 11. The van der Waals surface area contributed by atoms with Gasteiger partial charge >= 0.3 is 0 Å². The third-order valence-electron chi connectivity index (χ3n) is 6.65. The number of nitrogens with zero attached hydrogens (tertiary/aromatic N) is 2. The van der Waals surface area contributed by atoms with Gasteiger partial charge in [0, 0.05) is 23.2 Å². The Kier molecular flexibility index (Phi) is 10.7. The van der Waals surface area contributed by atoms with Crippen molar-refractivity contribution < 1.29 is 27.5 Å². The summed E-state index contributed by atoms with van der Waals surface area (Å²) in [5.41, 5.74) is 2.16.